The van der Waals surface area contributed by atoms with Crippen molar-refractivity contribution < 1.29 is 13.9 Å². The van der Waals surface area contributed by atoms with E-state index in [0.717, 1.165) is 5.56 Å². The molecule has 1 atom stereocenters. The van der Waals surface area contributed by atoms with Crippen LogP contribution in [0.4, 0.5) is 4.39 Å². The smallest absolute Gasteiger partial charge is 0.187 e. The summed E-state index contributed by atoms with van der Waals surface area (Å²) >= 11 is 0. The number of aryl methyl sites for hydroxylation is 1. The Kier molecular flexibility index (Phi) is 4.34. The molecular weight excluding hydrogens is 269 g/mol. The lowest BCUT2D eigenvalue weighted by atomic mass is 9.91. The van der Waals surface area contributed by atoms with Crippen LogP contribution < -0.4 is 4.74 Å². The molecule has 0 radical (unpaired) electrons. The lowest BCUT2D eigenvalue weighted by Crippen LogP contribution is -2.13. The number of ketones is 1. The number of hydrogen-bond donors (Lipinski definition) is 0. The first kappa shape index (κ1) is 14.7. The van der Waals surface area contributed by atoms with Crippen molar-refractivity contribution in [3.8, 4) is 11.8 Å². The quantitative estimate of drug-likeness (QED) is 0.805. The molecule has 0 aliphatic carbocycles. The predicted molar refractivity (Wildman–Crippen MR) is 76.8 cm³/mol. The normalized spacial score (nSPS) is 11.5. The van der Waals surface area contributed by atoms with E-state index in [4.69, 9.17) is 4.74 Å². The lowest BCUT2D eigenvalue weighted by molar-refractivity contribution is 0.0975. The first-order chi connectivity index (χ1) is 10.1. The summed E-state index contributed by atoms with van der Waals surface area (Å²) in [6.45, 7) is 1.86. The van der Waals surface area contributed by atoms with E-state index in [0.29, 0.717) is 11.3 Å². The average molecular weight is 283 g/mol. The average Bonchev–Trinajstić information content (AvgIpc) is 2.49. The Bertz CT molecular complexity index is 719. The molecule has 0 fully saturated rings. The molecule has 2 aromatic rings. The number of ether oxygens (including phenoxy) is 1. The summed E-state index contributed by atoms with van der Waals surface area (Å²) in [4.78, 5) is 12.4. The second-order valence-corrected chi connectivity index (χ2v) is 4.64. The van der Waals surface area contributed by atoms with Crippen LogP contribution in [0.5, 0.6) is 5.75 Å². The molecule has 0 bridgehead atoms. The molecule has 0 spiro atoms. The molecule has 0 saturated heterocycles. The van der Waals surface area contributed by atoms with E-state index in [1.165, 1.54) is 25.3 Å². The van der Waals surface area contributed by atoms with Crippen molar-refractivity contribution in [3.05, 3.63) is 65.0 Å². The predicted octanol–water partition coefficient (Wildman–Crippen LogP) is 3.63. The number of halogens is 1. The topological polar surface area (TPSA) is 50.1 Å². The number of methoxy groups -OCH3 is 1. The van der Waals surface area contributed by atoms with Crippen molar-refractivity contribution >= 4 is 5.78 Å². The number of rotatable bonds is 4. The fourth-order valence-corrected chi connectivity index (χ4v) is 2.12. The highest BCUT2D eigenvalue weighted by Gasteiger charge is 2.24. The van der Waals surface area contributed by atoms with Crippen LogP contribution in [0.1, 0.15) is 27.4 Å². The summed E-state index contributed by atoms with van der Waals surface area (Å²) in [5.41, 5.74) is 1.31. The molecule has 4 heteroatoms. The maximum absolute atomic E-state index is 13.7. The van der Waals surface area contributed by atoms with Gasteiger partial charge in [0, 0.05) is 0 Å². The molecule has 2 rings (SSSR count). The number of Topliss-reactive ketones (excluding diaryl/α,β-unsaturated/α-hetero) is 1. The Labute approximate surface area is 122 Å². The molecule has 0 aromatic heterocycles. The van der Waals surface area contributed by atoms with Gasteiger partial charge >= 0.3 is 0 Å². The van der Waals surface area contributed by atoms with Gasteiger partial charge in [-0.2, -0.15) is 5.26 Å². The van der Waals surface area contributed by atoms with E-state index < -0.39 is 17.5 Å². The van der Waals surface area contributed by atoms with E-state index in [1.807, 2.05) is 13.0 Å². The van der Waals surface area contributed by atoms with Crippen molar-refractivity contribution in [2.75, 3.05) is 7.11 Å². The third-order valence-electron chi connectivity index (χ3n) is 3.30. The number of nitrogens with zero attached hydrogens (tertiary/aromatic N) is 1. The highest BCUT2D eigenvalue weighted by molar-refractivity contribution is 6.03. The van der Waals surface area contributed by atoms with E-state index in [1.54, 1.807) is 24.3 Å². The van der Waals surface area contributed by atoms with Gasteiger partial charge in [-0.15, -0.1) is 0 Å². The van der Waals surface area contributed by atoms with Gasteiger partial charge in [0.05, 0.1) is 18.7 Å². The number of nitriles is 1. The molecule has 2 aromatic carbocycles. The molecule has 0 aliphatic heterocycles. The Hall–Kier alpha value is -2.67. The fraction of sp³-hybridized carbons (Fsp3) is 0.176. The number of carbonyl (C=O) groups is 1. The summed E-state index contributed by atoms with van der Waals surface area (Å²) in [6, 6.07) is 12.7. The third kappa shape index (κ3) is 2.92. The molecule has 3 nitrogen and oxygen atoms in total. The van der Waals surface area contributed by atoms with E-state index >= 15 is 0 Å². The second kappa shape index (κ2) is 6.19. The Morgan fingerprint density at radius 1 is 1.29 bits per heavy atom. The van der Waals surface area contributed by atoms with Crippen LogP contribution in [-0.2, 0) is 0 Å². The minimum atomic E-state index is -1.06. The summed E-state index contributed by atoms with van der Waals surface area (Å²) in [5, 5.41) is 9.30. The monoisotopic (exact) mass is 283 g/mol. The van der Waals surface area contributed by atoms with Crippen molar-refractivity contribution in [1.29, 1.82) is 5.26 Å². The SMILES string of the molecule is COc1cc(C(C#N)C(=O)c2ccccc2F)ccc1C. The van der Waals surface area contributed by atoms with Crippen molar-refractivity contribution in [2.45, 2.75) is 12.8 Å². The van der Waals surface area contributed by atoms with E-state index in [2.05, 4.69) is 0 Å². The summed E-state index contributed by atoms with van der Waals surface area (Å²) in [5.74, 6) is -1.64. The molecule has 0 aliphatic rings. The number of hydrogen-bond acceptors (Lipinski definition) is 3. The largest absolute Gasteiger partial charge is 0.496 e. The van der Waals surface area contributed by atoms with Crippen LogP contribution >= 0.6 is 0 Å². The van der Waals surface area contributed by atoms with Gasteiger partial charge < -0.3 is 4.74 Å². The molecule has 106 valence electrons. The van der Waals surface area contributed by atoms with Crippen molar-refractivity contribution in [3.63, 3.8) is 0 Å². The van der Waals surface area contributed by atoms with Crippen LogP contribution in [0.3, 0.4) is 0 Å². The van der Waals surface area contributed by atoms with E-state index in [-0.39, 0.29) is 5.56 Å². The van der Waals surface area contributed by atoms with Gasteiger partial charge in [0.2, 0.25) is 0 Å². The standard InChI is InChI=1S/C17H14FNO2/c1-11-7-8-12(9-16(11)21-2)14(10-19)17(20)13-5-3-4-6-15(13)18/h3-9,14H,1-2H3. The van der Waals surface area contributed by atoms with Crippen LogP contribution in [0.25, 0.3) is 0 Å². The highest BCUT2D eigenvalue weighted by atomic mass is 19.1. The zero-order valence-corrected chi connectivity index (χ0v) is 11.8. The van der Waals surface area contributed by atoms with Crippen molar-refractivity contribution in [1.82, 2.24) is 0 Å². The van der Waals surface area contributed by atoms with Crippen LogP contribution in [-0.4, -0.2) is 12.9 Å². The van der Waals surface area contributed by atoms with Gasteiger partial charge in [-0.25, -0.2) is 4.39 Å². The zero-order chi connectivity index (χ0) is 15.4. The number of carbonyl (C=O) groups excluding carboxylic acids is 1. The fourth-order valence-electron chi connectivity index (χ4n) is 2.12. The zero-order valence-electron chi connectivity index (χ0n) is 11.8. The molecule has 21 heavy (non-hydrogen) atoms. The maximum atomic E-state index is 13.7. The first-order valence-corrected chi connectivity index (χ1v) is 6.41. The molecule has 0 N–H and O–H groups in total. The van der Waals surface area contributed by atoms with Crippen LogP contribution in [0.15, 0.2) is 42.5 Å². The Balaban J connectivity index is 2.43. The van der Waals surface area contributed by atoms with Crippen LogP contribution in [0, 0.1) is 24.1 Å². The summed E-state index contributed by atoms with van der Waals surface area (Å²) < 4.78 is 18.9. The van der Waals surface area contributed by atoms with Crippen LogP contribution in [0.2, 0.25) is 0 Å². The molecule has 0 heterocycles. The molecular formula is C17H14FNO2. The summed E-state index contributed by atoms with van der Waals surface area (Å²) in [7, 11) is 1.52. The number of benzene rings is 2. The van der Waals surface area contributed by atoms with Gasteiger partial charge in [-0.05, 0) is 36.2 Å². The molecule has 0 saturated carbocycles. The van der Waals surface area contributed by atoms with Gasteiger partial charge in [0.25, 0.3) is 0 Å². The lowest BCUT2D eigenvalue weighted by Gasteiger charge is -2.12. The van der Waals surface area contributed by atoms with Gasteiger partial charge in [0.1, 0.15) is 17.5 Å². The van der Waals surface area contributed by atoms with Gasteiger partial charge in [-0.3, -0.25) is 4.79 Å². The first-order valence-electron chi connectivity index (χ1n) is 6.41. The van der Waals surface area contributed by atoms with Gasteiger partial charge in [0.15, 0.2) is 5.78 Å². The Morgan fingerprint density at radius 2 is 2.00 bits per heavy atom. The molecule has 1 unspecified atom stereocenters. The van der Waals surface area contributed by atoms with E-state index in [9.17, 15) is 14.4 Å². The Morgan fingerprint density at radius 3 is 2.62 bits per heavy atom. The molecule has 0 amide bonds. The second-order valence-electron chi connectivity index (χ2n) is 4.64. The third-order valence-corrected chi connectivity index (χ3v) is 3.30. The maximum Gasteiger partial charge on any atom is 0.187 e. The minimum Gasteiger partial charge on any atom is -0.496 e. The van der Waals surface area contributed by atoms with Crippen molar-refractivity contribution in [2.24, 2.45) is 0 Å². The highest BCUT2D eigenvalue weighted by Crippen LogP contribution is 2.27. The summed E-state index contributed by atoms with van der Waals surface area (Å²) in [6.07, 6.45) is 0. The minimum absolute atomic E-state index is 0.0800. The van der Waals surface area contributed by atoms with Gasteiger partial charge in [-0.1, -0.05) is 24.3 Å².